The summed E-state index contributed by atoms with van der Waals surface area (Å²) in [6.07, 6.45) is 2.47. The molecule has 0 bridgehead atoms. The zero-order valence-electron chi connectivity index (χ0n) is 27.7. The van der Waals surface area contributed by atoms with Crippen LogP contribution in [-0.4, -0.2) is 52.8 Å². The van der Waals surface area contributed by atoms with Crippen molar-refractivity contribution in [3.05, 3.63) is 75.4 Å². The van der Waals surface area contributed by atoms with E-state index in [0.29, 0.717) is 48.6 Å². The lowest BCUT2D eigenvalue weighted by Crippen LogP contribution is -2.45. The van der Waals surface area contributed by atoms with E-state index >= 15 is 0 Å². The van der Waals surface area contributed by atoms with Gasteiger partial charge in [0.1, 0.15) is 11.8 Å². The Morgan fingerprint density at radius 3 is 2.30 bits per heavy atom. The number of para-hydroxylation sites is 1. The number of hydrogen-bond acceptors (Lipinski definition) is 8. The van der Waals surface area contributed by atoms with Crippen molar-refractivity contribution < 1.29 is 28.5 Å². The van der Waals surface area contributed by atoms with Gasteiger partial charge in [-0.25, -0.2) is 0 Å². The molecule has 0 saturated heterocycles. The fraction of sp³-hybridized carbons (Fsp3) is 0.417. The van der Waals surface area contributed by atoms with E-state index in [9.17, 15) is 14.4 Å². The summed E-state index contributed by atoms with van der Waals surface area (Å²) in [7, 11) is 6.30. The Hall–Kier alpha value is -4.73. The minimum atomic E-state index is -0.658. The second-order valence-corrected chi connectivity index (χ2v) is 11.5. The van der Waals surface area contributed by atoms with Crippen LogP contribution < -0.4 is 40.3 Å². The van der Waals surface area contributed by atoms with Crippen molar-refractivity contribution in [3.8, 4) is 34.1 Å². The number of ether oxygens (including phenoxy) is 4. The zero-order valence-corrected chi connectivity index (χ0v) is 27.7. The summed E-state index contributed by atoms with van der Waals surface area (Å²) in [4.78, 5) is 39.7. The molecule has 0 spiro atoms. The van der Waals surface area contributed by atoms with E-state index < -0.39 is 12.1 Å². The van der Waals surface area contributed by atoms with Gasteiger partial charge in [-0.2, -0.15) is 0 Å². The Morgan fingerprint density at radius 1 is 0.935 bits per heavy atom. The molecule has 1 aliphatic rings. The molecule has 2 amide bonds. The summed E-state index contributed by atoms with van der Waals surface area (Å²) in [6.45, 7) is 5.86. The number of fused-ring (bicyclic) bond motifs is 3. The quantitative estimate of drug-likeness (QED) is 0.239. The zero-order chi connectivity index (χ0) is 33.4. The van der Waals surface area contributed by atoms with E-state index in [1.54, 1.807) is 40.6 Å². The first-order chi connectivity index (χ1) is 22.2. The molecule has 0 fully saturated rings. The molecular formula is C36H45N3O7. The molecule has 246 valence electrons. The number of methoxy groups -OCH3 is 4. The first-order valence-corrected chi connectivity index (χ1v) is 15.6. The van der Waals surface area contributed by atoms with Crippen LogP contribution in [0.5, 0.6) is 23.0 Å². The lowest BCUT2D eigenvalue weighted by Gasteiger charge is -2.24. The predicted molar refractivity (Wildman–Crippen MR) is 179 cm³/mol. The predicted octanol–water partition coefficient (Wildman–Crippen LogP) is 5.06. The third-order valence-electron chi connectivity index (χ3n) is 8.61. The monoisotopic (exact) mass is 631 g/mol. The highest BCUT2D eigenvalue weighted by Crippen LogP contribution is 2.50. The van der Waals surface area contributed by atoms with Gasteiger partial charge in [0.2, 0.25) is 23.0 Å². The van der Waals surface area contributed by atoms with Gasteiger partial charge in [-0.05, 0) is 71.7 Å². The van der Waals surface area contributed by atoms with Crippen LogP contribution in [0.2, 0.25) is 0 Å². The summed E-state index contributed by atoms with van der Waals surface area (Å²) in [5.41, 5.74) is 4.04. The average Bonchev–Trinajstić information content (AvgIpc) is 3.30. The topological polar surface area (TPSA) is 124 Å². The van der Waals surface area contributed by atoms with Crippen LogP contribution in [0.15, 0.2) is 53.3 Å². The number of amides is 2. The summed E-state index contributed by atoms with van der Waals surface area (Å²) in [5, 5.41) is 9.33. The van der Waals surface area contributed by atoms with E-state index in [2.05, 4.69) is 16.0 Å². The second-order valence-electron chi connectivity index (χ2n) is 11.5. The van der Waals surface area contributed by atoms with Gasteiger partial charge in [-0.1, -0.05) is 44.5 Å². The third kappa shape index (κ3) is 7.38. The molecule has 3 atom stereocenters. The number of carbonyl (C=O) groups is 2. The van der Waals surface area contributed by atoms with Gasteiger partial charge < -0.3 is 34.9 Å². The van der Waals surface area contributed by atoms with Crippen molar-refractivity contribution in [2.24, 2.45) is 5.92 Å². The Morgan fingerprint density at radius 2 is 1.65 bits per heavy atom. The highest BCUT2D eigenvalue weighted by Gasteiger charge is 2.30. The normalized spacial score (nSPS) is 14.8. The van der Waals surface area contributed by atoms with Crippen molar-refractivity contribution in [1.29, 1.82) is 0 Å². The molecule has 4 rings (SSSR count). The maximum atomic E-state index is 13.9. The molecule has 10 heteroatoms. The van der Waals surface area contributed by atoms with Crippen LogP contribution in [-0.2, 0) is 22.4 Å². The largest absolute Gasteiger partial charge is 0.496 e. The van der Waals surface area contributed by atoms with Crippen molar-refractivity contribution in [3.63, 3.8) is 0 Å². The smallest absolute Gasteiger partial charge is 0.242 e. The van der Waals surface area contributed by atoms with E-state index in [1.165, 1.54) is 6.92 Å². The SMILES string of the molecule is CC[C@@H](C)[C@H](Nc1ccc2c(cc1=O)[C@@H](NC(C)=O)CCc1cc(OC)c(OC)c(OC)c1-2)C(=O)NCCc1ccccc1OC. The molecule has 3 aromatic rings. The summed E-state index contributed by atoms with van der Waals surface area (Å²) in [6, 6.07) is 13.6. The summed E-state index contributed by atoms with van der Waals surface area (Å²) < 4.78 is 22.6. The minimum absolute atomic E-state index is 0.0707. The molecule has 1 aliphatic carbocycles. The molecular weight excluding hydrogens is 586 g/mol. The van der Waals surface area contributed by atoms with E-state index in [1.807, 2.05) is 50.2 Å². The number of rotatable bonds is 13. The van der Waals surface area contributed by atoms with Crippen LogP contribution in [0.4, 0.5) is 5.69 Å². The number of nitrogens with one attached hydrogen (secondary N) is 3. The van der Waals surface area contributed by atoms with E-state index in [-0.39, 0.29) is 28.8 Å². The van der Waals surface area contributed by atoms with Crippen molar-refractivity contribution in [2.45, 2.75) is 58.5 Å². The Bertz CT molecular complexity index is 1620. The number of hydrogen-bond donors (Lipinski definition) is 3. The fourth-order valence-corrected chi connectivity index (χ4v) is 6.04. The second kappa shape index (κ2) is 15.5. The Labute approximate surface area is 270 Å². The average molecular weight is 632 g/mol. The van der Waals surface area contributed by atoms with Crippen LogP contribution in [0.3, 0.4) is 0 Å². The van der Waals surface area contributed by atoms with Gasteiger partial charge in [0.15, 0.2) is 11.5 Å². The molecule has 0 heterocycles. The Balaban J connectivity index is 1.75. The van der Waals surface area contributed by atoms with Gasteiger partial charge in [0.25, 0.3) is 0 Å². The van der Waals surface area contributed by atoms with Gasteiger partial charge in [-0.15, -0.1) is 0 Å². The van der Waals surface area contributed by atoms with Gasteiger partial charge in [0.05, 0.1) is 40.2 Å². The molecule has 0 saturated carbocycles. The van der Waals surface area contributed by atoms with Crippen molar-refractivity contribution in [2.75, 3.05) is 40.3 Å². The highest BCUT2D eigenvalue weighted by atomic mass is 16.5. The lowest BCUT2D eigenvalue weighted by atomic mass is 9.95. The van der Waals surface area contributed by atoms with Crippen LogP contribution in [0.25, 0.3) is 11.1 Å². The molecule has 3 N–H and O–H groups in total. The van der Waals surface area contributed by atoms with E-state index in [4.69, 9.17) is 18.9 Å². The number of benzene rings is 2. The van der Waals surface area contributed by atoms with Crippen LogP contribution >= 0.6 is 0 Å². The van der Waals surface area contributed by atoms with Crippen LogP contribution in [0, 0.1) is 5.92 Å². The molecule has 0 aliphatic heterocycles. The van der Waals surface area contributed by atoms with Crippen molar-refractivity contribution >= 4 is 17.5 Å². The first kappa shape index (κ1) is 34.1. The van der Waals surface area contributed by atoms with Gasteiger partial charge in [0, 0.05) is 19.0 Å². The molecule has 0 radical (unpaired) electrons. The van der Waals surface area contributed by atoms with Gasteiger partial charge >= 0.3 is 0 Å². The van der Waals surface area contributed by atoms with Crippen LogP contribution in [0.1, 0.15) is 56.3 Å². The molecule has 46 heavy (non-hydrogen) atoms. The highest BCUT2D eigenvalue weighted by molar-refractivity contribution is 5.86. The minimum Gasteiger partial charge on any atom is -0.496 e. The number of aryl methyl sites for hydroxylation is 1. The first-order valence-electron chi connectivity index (χ1n) is 15.6. The standard InChI is InChI=1S/C36H45N3O7/c1-8-21(2)33(36(42)37-18-17-23-11-9-10-12-30(23)43-4)39-28-16-14-25-26(20-29(28)41)27(38-22(3)40)15-13-24-19-31(44-5)34(45-6)35(46-7)32(24)25/h9-12,14,16,19-21,27,33H,8,13,15,17-18H2,1-7H3,(H,37,42)(H,38,40)(H,39,41)/t21-,27+,33+/m1/s1. The maximum Gasteiger partial charge on any atom is 0.242 e. The summed E-state index contributed by atoms with van der Waals surface area (Å²) >= 11 is 0. The number of carbonyl (C=O) groups excluding carboxylic acids is 2. The molecule has 0 unspecified atom stereocenters. The Kier molecular flexibility index (Phi) is 11.5. The van der Waals surface area contributed by atoms with Gasteiger partial charge in [-0.3, -0.25) is 14.4 Å². The third-order valence-corrected chi connectivity index (χ3v) is 8.61. The molecule has 3 aromatic carbocycles. The lowest BCUT2D eigenvalue weighted by molar-refractivity contribution is -0.123. The molecule has 10 nitrogen and oxygen atoms in total. The fourth-order valence-electron chi connectivity index (χ4n) is 6.04. The van der Waals surface area contributed by atoms with Crippen molar-refractivity contribution in [1.82, 2.24) is 10.6 Å². The number of anilines is 1. The summed E-state index contributed by atoms with van der Waals surface area (Å²) in [5.74, 6) is 1.73. The molecule has 0 aromatic heterocycles. The maximum absolute atomic E-state index is 13.9. The van der Waals surface area contributed by atoms with E-state index in [0.717, 1.165) is 34.4 Å².